The summed E-state index contributed by atoms with van der Waals surface area (Å²) in [5.74, 6) is 0. The molecule has 0 spiro atoms. The minimum atomic E-state index is 0.152. The number of rotatable bonds is 3. The van der Waals surface area contributed by atoms with Gasteiger partial charge in [0.25, 0.3) is 0 Å². The molecule has 2 heterocycles. The lowest BCUT2D eigenvalue weighted by Gasteiger charge is -2.11. The summed E-state index contributed by atoms with van der Waals surface area (Å²) in [5, 5.41) is 10.7. The molecule has 2 aromatic heterocycles. The maximum absolute atomic E-state index is 4.34. The van der Waals surface area contributed by atoms with Gasteiger partial charge in [-0.25, -0.2) is 4.98 Å². The van der Waals surface area contributed by atoms with Crippen LogP contribution in [0.4, 0.5) is 0 Å². The normalized spacial score (nSPS) is 13.0. The Bertz CT molecular complexity index is 432. The van der Waals surface area contributed by atoms with E-state index in [-0.39, 0.29) is 6.04 Å². The maximum atomic E-state index is 4.34. The second-order valence-electron chi connectivity index (χ2n) is 3.44. The van der Waals surface area contributed by atoms with Gasteiger partial charge in [-0.2, -0.15) is 5.10 Å². The first-order valence-corrected chi connectivity index (χ1v) is 5.67. The number of hydrogen-bond donors (Lipinski definition) is 1. The molecule has 0 fully saturated rings. The van der Waals surface area contributed by atoms with Crippen molar-refractivity contribution in [3.8, 4) is 0 Å². The molecular weight excluding hydrogens is 208 g/mol. The van der Waals surface area contributed by atoms with Crippen molar-refractivity contribution in [1.82, 2.24) is 20.1 Å². The van der Waals surface area contributed by atoms with Gasteiger partial charge in [-0.05, 0) is 14.0 Å². The SMILES string of the molecule is CNC(c1nccs1)c1cn(C)nc1C. The minimum absolute atomic E-state index is 0.152. The van der Waals surface area contributed by atoms with Crippen LogP contribution in [0, 0.1) is 6.92 Å². The molecule has 0 aliphatic carbocycles. The molecule has 0 amide bonds. The predicted octanol–water partition coefficient (Wildman–Crippen LogP) is 1.49. The van der Waals surface area contributed by atoms with Crippen LogP contribution in [0.2, 0.25) is 0 Å². The minimum Gasteiger partial charge on any atom is -0.307 e. The third-order valence-corrected chi connectivity index (χ3v) is 3.19. The van der Waals surface area contributed by atoms with E-state index in [9.17, 15) is 0 Å². The van der Waals surface area contributed by atoms with E-state index in [0.29, 0.717) is 0 Å². The molecule has 80 valence electrons. The molecule has 0 aliphatic rings. The number of thiazole rings is 1. The lowest BCUT2D eigenvalue weighted by atomic mass is 10.1. The van der Waals surface area contributed by atoms with Crippen molar-refractivity contribution in [1.29, 1.82) is 0 Å². The molecule has 0 aromatic carbocycles. The van der Waals surface area contributed by atoms with Gasteiger partial charge in [-0.15, -0.1) is 11.3 Å². The zero-order valence-corrected chi connectivity index (χ0v) is 9.88. The van der Waals surface area contributed by atoms with Crippen molar-refractivity contribution >= 4 is 11.3 Å². The van der Waals surface area contributed by atoms with Gasteiger partial charge in [-0.3, -0.25) is 4.68 Å². The van der Waals surface area contributed by atoms with Gasteiger partial charge >= 0.3 is 0 Å². The topological polar surface area (TPSA) is 42.7 Å². The predicted molar refractivity (Wildman–Crippen MR) is 61.0 cm³/mol. The van der Waals surface area contributed by atoms with E-state index in [1.807, 2.05) is 43.5 Å². The number of hydrogen-bond acceptors (Lipinski definition) is 4. The number of nitrogens with zero attached hydrogens (tertiary/aromatic N) is 3. The average molecular weight is 222 g/mol. The molecular formula is C10H14N4S. The van der Waals surface area contributed by atoms with Crippen LogP contribution in [-0.4, -0.2) is 21.8 Å². The largest absolute Gasteiger partial charge is 0.307 e. The van der Waals surface area contributed by atoms with Crippen molar-refractivity contribution in [2.75, 3.05) is 7.05 Å². The standard InChI is InChI=1S/C10H14N4S/c1-7-8(6-14(3)13-7)9(11-2)10-12-4-5-15-10/h4-6,9,11H,1-3H3. The van der Waals surface area contributed by atoms with Crippen LogP contribution in [0.25, 0.3) is 0 Å². The number of aromatic nitrogens is 3. The van der Waals surface area contributed by atoms with Crippen LogP contribution in [0.5, 0.6) is 0 Å². The van der Waals surface area contributed by atoms with Crippen LogP contribution in [0.1, 0.15) is 22.3 Å². The van der Waals surface area contributed by atoms with Crippen molar-refractivity contribution in [3.63, 3.8) is 0 Å². The van der Waals surface area contributed by atoms with E-state index in [4.69, 9.17) is 0 Å². The summed E-state index contributed by atoms with van der Waals surface area (Å²) in [6, 6.07) is 0.152. The lowest BCUT2D eigenvalue weighted by Crippen LogP contribution is -2.17. The summed E-state index contributed by atoms with van der Waals surface area (Å²) in [7, 11) is 3.88. The second kappa shape index (κ2) is 4.12. The lowest BCUT2D eigenvalue weighted by molar-refractivity contribution is 0.681. The third kappa shape index (κ3) is 1.93. The molecule has 1 N–H and O–H groups in total. The molecule has 1 unspecified atom stereocenters. The molecule has 1 atom stereocenters. The molecule has 2 rings (SSSR count). The highest BCUT2D eigenvalue weighted by atomic mass is 32.1. The van der Waals surface area contributed by atoms with Crippen LogP contribution < -0.4 is 5.32 Å². The van der Waals surface area contributed by atoms with E-state index >= 15 is 0 Å². The van der Waals surface area contributed by atoms with Crippen molar-refractivity contribution < 1.29 is 0 Å². The number of nitrogens with one attached hydrogen (secondary N) is 1. The van der Waals surface area contributed by atoms with Gasteiger partial charge in [0.1, 0.15) is 5.01 Å². The third-order valence-electron chi connectivity index (χ3n) is 2.35. The Labute approximate surface area is 93.0 Å². The van der Waals surface area contributed by atoms with Crippen molar-refractivity contribution in [2.24, 2.45) is 7.05 Å². The molecule has 2 aromatic rings. The van der Waals surface area contributed by atoms with E-state index in [1.165, 1.54) is 5.56 Å². The fraction of sp³-hybridized carbons (Fsp3) is 0.400. The quantitative estimate of drug-likeness (QED) is 0.855. The van der Waals surface area contributed by atoms with E-state index in [2.05, 4.69) is 15.4 Å². The molecule has 5 heteroatoms. The fourth-order valence-electron chi connectivity index (χ4n) is 1.69. The highest BCUT2D eigenvalue weighted by Crippen LogP contribution is 2.25. The Kier molecular flexibility index (Phi) is 2.83. The highest BCUT2D eigenvalue weighted by molar-refractivity contribution is 7.09. The van der Waals surface area contributed by atoms with Crippen LogP contribution in [0.3, 0.4) is 0 Å². The zero-order valence-electron chi connectivity index (χ0n) is 9.06. The Balaban J connectivity index is 2.39. The first-order valence-electron chi connectivity index (χ1n) is 4.79. The molecule has 15 heavy (non-hydrogen) atoms. The fourth-order valence-corrected chi connectivity index (χ4v) is 2.45. The van der Waals surface area contributed by atoms with Crippen molar-refractivity contribution in [2.45, 2.75) is 13.0 Å². The Morgan fingerprint density at radius 3 is 2.80 bits per heavy atom. The van der Waals surface area contributed by atoms with Gasteiger partial charge in [0.05, 0.1) is 11.7 Å². The van der Waals surface area contributed by atoms with E-state index in [1.54, 1.807) is 11.3 Å². The van der Waals surface area contributed by atoms with Crippen LogP contribution in [0.15, 0.2) is 17.8 Å². The molecule has 0 aliphatic heterocycles. The van der Waals surface area contributed by atoms with Crippen LogP contribution in [-0.2, 0) is 7.05 Å². The Hall–Kier alpha value is -1.20. The summed E-state index contributed by atoms with van der Waals surface area (Å²) >= 11 is 1.66. The zero-order chi connectivity index (χ0) is 10.8. The average Bonchev–Trinajstić information content (AvgIpc) is 2.79. The van der Waals surface area contributed by atoms with E-state index < -0.39 is 0 Å². The van der Waals surface area contributed by atoms with Crippen LogP contribution >= 0.6 is 11.3 Å². The van der Waals surface area contributed by atoms with Gasteiger partial charge in [0, 0.05) is 30.4 Å². The first-order chi connectivity index (χ1) is 7.22. The summed E-state index contributed by atoms with van der Waals surface area (Å²) in [4.78, 5) is 4.33. The van der Waals surface area contributed by atoms with Gasteiger partial charge < -0.3 is 5.32 Å². The summed E-state index contributed by atoms with van der Waals surface area (Å²) in [6.07, 6.45) is 3.87. The van der Waals surface area contributed by atoms with Gasteiger partial charge in [0.2, 0.25) is 0 Å². The maximum Gasteiger partial charge on any atom is 0.114 e. The molecule has 0 saturated carbocycles. The summed E-state index contributed by atoms with van der Waals surface area (Å²) < 4.78 is 1.84. The first kappa shape index (κ1) is 10.3. The highest BCUT2D eigenvalue weighted by Gasteiger charge is 2.18. The molecule has 4 nitrogen and oxygen atoms in total. The Morgan fingerprint density at radius 2 is 2.33 bits per heavy atom. The molecule has 0 saturated heterocycles. The smallest absolute Gasteiger partial charge is 0.114 e. The van der Waals surface area contributed by atoms with Gasteiger partial charge in [-0.1, -0.05) is 0 Å². The second-order valence-corrected chi connectivity index (χ2v) is 4.36. The molecule has 0 radical (unpaired) electrons. The van der Waals surface area contributed by atoms with Gasteiger partial charge in [0.15, 0.2) is 0 Å². The number of aryl methyl sites for hydroxylation is 2. The van der Waals surface area contributed by atoms with E-state index in [0.717, 1.165) is 10.7 Å². The monoisotopic (exact) mass is 222 g/mol. The summed E-state index contributed by atoms with van der Waals surface area (Å²) in [5.41, 5.74) is 2.24. The van der Waals surface area contributed by atoms with Crippen molar-refractivity contribution in [3.05, 3.63) is 34.0 Å². The molecule has 0 bridgehead atoms. The summed E-state index contributed by atoms with van der Waals surface area (Å²) in [6.45, 7) is 2.02. The Morgan fingerprint density at radius 1 is 1.53 bits per heavy atom.